The van der Waals surface area contributed by atoms with Gasteiger partial charge in [-0.05, 0) is 26.8 Å². The maximum absolute atomic E-state index is 9.81. The minimum Gasteiger partial charge on any atom is -0.385 e. The highest BCUT2D eigenvalue weighted by atomic mass is 16.5. The Balaban J connectivity index is 1.51. The van der Waals surface area contributed by atoms with Crippen LogP contribution in [0.25, 0.3) is 0 Å². The van der Waals surface area contributed by atoms with E-state index in [2.05, 4.69) is 48.5 Å². The third kappa shape index (κ3) is 4.23. The van der Waals surface area contributed by atoms with Crippen LogP contribution in [0.2, 0.25) is 0 Å². The molecule has 10 nitrogen and oxygen atoms in total. The number of ether oxygens (including phenoxy) is 1. The summed E-state index contributed by atoms with van der Waals surface area (Å²) in [6.07, 6.45) is 2.60. The summed E-state index contributed by atoms with van der Waals surface area (Å²) < 4.78 is 5.42. The topological polar surface area (TPSA) is 104 Å². The average Bonchev–Trinajstić information content (AvgIpc) is 2.74. The largest absolute Gasteiger partial charge is 0.385 e. The van der Waals surface area contributed by atoms with Crippen molar-refractivity contribution >= 4 is 17.7 Å². The van der Waals surface area contributed by atoms with Gasteiger partial charge in [0.2, 0.25) is 11.9 Å². The third-order valence-corrected chi connectivity index (χ3v) is 5.33. The molecule has 156 valence electrons. The monoisotopic (exact) mass is 400 g/mol. The van der Waals surface area contributed by atoms with Crippen LogP contribution in [0.15, 0.2) is 18.6 Å². The molecule has 1 atom stereocenters. The molecule has 0 spiro atoms. The van der Waals surface area contributed by atoms with Crippen molar-refractivity contribution in [3.05, 3.63) is 24.4 Å². The van der Waals surface area contributed by atoms with E-state index in [9.17, 15) is 5.11 Å². The van der Waals surface area contributed by atoms with E-state index in [1.165, 1.54) is 0 Å². The highest BCUT2D eigenvalue weighted by Gasteiger charge is 2.36. The first-order chi connectivity index (χ1) is 13.9. The number of morpholine rings is 1. The Labute approximate surface area is 170 Å². The molecule has 2 saturated heterocycles. The Kier molecular flexibility index (Phi) is 5.46. The van der Waals surface area contributed by atoms with Crippen molar-refractivity contribution in [2.45, 2.75) is 32.4 Å². The van der Waals surface area contributed by atoms with Gasteiger partial charge in [0.15, 0.2) is 5.82 Å². The molecule has 2 aromatic heterocycles. The van der Waals surface area contributed by atoms with E-state index in [0.29, 0.717) is 30.9 Å². The molecule has 29 heavy (non-hydrogen) atoms. The summed E-state index contributed by atoms with van der Waals surface area (Å²) in [5.41, 5.74) is -0.200. The van der Waals surface area contributed by atoms with Crippen LogP contribution in [0.3, 0.4) is 0 Å². The summed E-state index contributed by atoms with van der Waals surface area (Å²) in [6.45, 7) is 11.3. The lowest BCUT2D eigenvalue weighted by atomic mass is 9.99. The minimum atomic E-state index is -0.692. The Morgan fingerprint density at radius 3 is 2.41 bits per heavy atom. The van der Waals surface area contributed by atoms with E-state index in [0.717, 1.165) is 38.5 Å². The molecule has 10 heteroatoms. The molecule has 0 unspecified atom stereocenters. The SMILES string of the molecule is C[C@@H](O)c1nccc(N2CCN(c3ncnc(N4CCOCC4)n3)CC2(C)C)n1. The van der Waals surface area contributed by atoms with Crippen molar-refractivity contribution in [1.29, 1.82) is 0 Å². The molecule has 0 saturated carbocycles. The first-order valence-corrected chi connectivity index (χ1v) is 9.99. The van der Waals surface area contributed by atoms with Crippen molar-refractivity contribution in [2.75, 3.05) is 60.6 Å². The van der Waals surface area contributed by atoms with Crippen molar-refractivity contribution in [1.82, 2.24) is 24.9 Å². The van der Waals surface area contributed by atoms with Gasteiger partial charge in [-0.1, -0.05) is 0 Å². The van der Waals surface area contributed by atoms with Crippen LogP contribution in [0.4, 0.5) is 17.7 Å². The predicted octanol–water partition coefficient (Wildman–Crippen LogP) is 0.657. The van der Waals surface area contributed by atoms with Gasteiger partial charge < -0.3 is 24.5 Å². The van der Waals surface area contributed by atoms with E-state index in [-0.39, 0.29) is 5.54 Å². The quantitative estimate of drug-likeness (QED) is 0.787. The molecule has 0 radical (unpaired) electrons. The molecular weight excluding hydrogens is 372 g/mol. The van der Waals surface area contributed by atoms with Crippen LogP contribution in [-0.4, -0.2) is 81.5 Å². The van der Waals surface area contributed by atoms with Crippen LogP contribution >= 0.6 is 0 Å². The highest BCUT2D eigenvalue weighted by molar-refractivity contribution is 5.47. The van der Waals surface area contributed by atoms with Crippen LogP contribution in [-0.2, 0) is 4.74 Å². The average molecular weight is 400 g/mol. The van der Waals surface area contributed by atoms with Crippen molar-refractivity contribution in [3.8, 4) is 0 Å². The third-order valence-electron chi connectivity index (χ3n) is 5.33. The van der Waals surface area contributed by atoms with E-state index in [4.69, 9.17) is 9.72 Å². The zero-order chi connectivity index (χ0) is 20.4. The molecule has 4 heterocycles. The number of hydrogen-bond donors (Lipinski definition) is 1. The summed E-state index contributed by atoms with van der Waals surface area (Å²) in [4.78, 5) is 28.8. The Morgan fingerprint density at radius 2 is 1.72 bits per heavy atom. The fourth-order valence-electron chi connectivity index (χ4n) is 3.81. The minimum absolute atomic E-state index is 0.200. The first kappa shape index (κ1) is 19.7. The number of piperazine rings is 1. The summed E-state index contributed by atoms with van der Waals surface area (Å²) in [5.74, 6) is 2.66. The van der Waals surface area contributed by atoms with Crippen molar-refractivity contribution < 1.29 is 9.84 Å². The molecule has 4 rings (SSSR count). The zero-order valence-electron chi connectivity index (χ0n) is 17.2. The van der Waals surface area contributed by atoms with Gasteiger partial charge in [-0.15, -0.1) is 0 Å². The number of aliphatic hydroxyl groups excluding tert-OH is 1. The number of aliphatic hydroxyl groups is 1. The van der Waals surface area contributed by atoms with Crippen LogP contribution < -0.4 is 14.7 Å². The molecule has 1 N–H and O–H groups in total. The van der Waals surface area contributed by atoms with Crippen LogP contribution in [0.1, 0.15) is 32.7 Å². The molecule has 0 bridgehead atoms. The molecule has 0 amide bonds. The second kappa shape index (κ2) is 8.03. The maximum atomic E-state index is 9.81. The van der Waals surface area contributed by atoms with Crippen LogP contribution in [0, 0.1) is 0 Å². The second-order valence-electron chi connectivity index (χ2n) is 8.02. The fourth-order valence-corrected chi connectivity index (χ4v) is 3.81. The van der Waals surface area contributed by atoms with Gasteiger partial charge in [-0.25, -0.2) is 19.9 Å². The van der Waals surface area contributed by atoms with E-state index in [1.807, 2.05) is 6.07 Å². The van der Waals surface area contributed by atoms with Gasteiger partial charge in [0.25, 0.3) is 0 Å². The van der Waals surface area contributed by atoms with Gasteiger partial charge >= 0.3 is 0 Å². The van der Waals surface area contributed by atoms with Crippen LogP contribution in [0.5, 0.6) is 0 Å². The predicted molar refractivity (Wildman–Crippen MR) is 109 cm³/mol. The van der Waals surface area contributed by atoms with Gasteiger partial charge in [0, 0.05) is 38.9 Å². The number of aromatic nitrogens is 5. The lowest BCUT2D eigenvalue weighted by Crippen LogP contribution is -2.60. The molecular formula is C19H28N8O2. The molecule has 2 aromatic rings. The Hall–Kier alpha value is -2.59. The van der Waals surface area contributed by atoms with E-state index >= 15 is 0 Å². The van der Waals surface area contributed by atoms with E-state index in [1.54, 1.807) is 19.4 Å². The number of rotatable bonds is 4. The first-order valence-electron chi connectivity index (χ1n) is 9.99. The lowest BCUT2D eigenvalue weighted by molar-refractivity contribution is 0.122. The molecule has 2 fully saturated rings. The smallest absolute Gasteiger partial charge is 0.230 e. The second-order valence-corrected chi connectivity index (χ2v) is 8.02. The zero-order valence-corrected chi connectivity index (χ0v) is 17.2. The lowest BCUT2D eigenvalue weighted by Gasteiger charge is -2.47. The standard InChI is InChI=1S/C19H28N8O2/c1-14(28)16-20-5-4-15(23-16)27-7-6-26(12-19(27,2)3)18-22-13-21-17(24-18)25-8-10-29-11-9-25/h4-5,13-14,28H,6-12H2,1-3H3/t14-/m1/s1. The summed E-state index contributed by atoms with van der Waals surface area (Å²) in [7, 11) is 0. The fraction of sp³-hybridized carbons (Fsp3) is 0.632. The number of hydrogen-bond acceptors (Lipinski definition) is 10. The number of anilines is 3. The Bertz CT molecular complexity index is 840. The summed E-state index contributed by atoms with van der Waals surface area (Å²) in [5, 5.41) is 9.81. The molecule has 0 aliphatic carbocycles. The molecule has 2 aliphatic heterocycles. The van der Waals surface area contributed by atoms with Gasteiger partial charge in [0.1, 0.15) is 18.2 Å². The maximum Gasteiger partial charge on any atom is 0.230 e. The molecule has 2 aliphatic rings. The Morgan fingerprint density at radius 1 is 1.00 bits per heavy atom. The normalized spacial score (nSPS) is 20.6. The van der Waals surface area contributed by atoms with Gasteiger partial charge in [-0.3, -0.25) is 0 Å². The van der Waals surface area contributed by atoms with E-state index < -0.39 is 6.10 Å². The van der Waals surface area contributed by atoms with Crippen molar-refractivity contribution in [3.63, 3.8) is 0 Å². The van der Waals surface area contributed by atoms with Gasteiger partial charge in [0.05, 0.1) is 18.8 Å². The summed E-state index contributed by atoms with van der Waals surface area (Å²) in [6, 6.07) is 1.89. The van der Waals surface area contributed by atoms with Crippen molar-refractivity contribution in [2.24, 2.45) is 0 Å². The number of nitrogens with zero attached hydrogens (tertiary/aromatic N) is 8. The summed E-state index contributed by atoms with van der Waals surface area (Å²) >= 11 is 0. The van der Waals surface area contributed by atoms with Gasteiger partial charge in [-0.2, -0.15) is 4.98 Å². The highest BCUT2D eigenvalue weighted by Crippen LogP contribution is 2.28. The molecule has 0 aromatic carbocycles.